The molecular formula is C13H24N2O4. The molecule has 1 atom stereocenters. The number of rotatable bonds is 8. The van der Waals surface area contributed by atoms with E-state index in [2.05, 4.69) is 5.32 Å². The second kappa shape index (κ2) is 8.87. The molecule has 0 saturated carbocycles. The van der Waals surface area contributed by atoms with Crippen LogP contribution in [0.2, 0.25) is 0 Å². The molecule has 6 nitrogen and oxygen atoms in total. The molecule has 1 aliphatic heterocycles. The molecule has 1 aliphatic rings. The molecule has 0 aromatic heterocycles. The van der Waals surface area contributed by atoms with Gasteiger partial charge in [-0.05, 0) is 12.8 Å². The molecule has 0 aromatic rings. The molecule has 1 rings (SSSR count). The standard InChI is InChI=1S/C13H24N2O4/c1-11(16)15(10-12-4-3-8-19-12)7-5-13(17)14-6-9-18-2/h12H,3-10H2,1-2H3,(H,14,17). The van der Waals surface area contributed by atoms with Crippen molar-refractivity contribution in [3.8, 4) is 0 Å². The maximum absolute atomic E-state index is 11.5. The van der Waals surface area contributed by atoms with Crippen LogP contribution in [0.1, 0.15) is 26.2 Å². The average Bonchev–Trinajstić information content (AvgIpc) is 2.87. The third-order valence-corrected chi connectivity index (χ3v) is 3.13. The zero-order valence-corrected chi connectivity index (χ0v) is 11.8. The van der Waals surface area contributed by atoms with Crippen molar-refractivity contribution in [3.63, 3.8) is 0 Å². The maximum Gasteiger partial charge on any atom is 0.221 e. The quantitative estimate of drug-likeness (QED) is 0.639. The number of hydrogen-bond acceptors (Lipinski definition) is 4. The van der Waals surface area contributed by atoms with E-state index in [-0.39, 0.29) is 17.9 Å². The predicted octanol–water partition coefficient (Wildman–Crippen LogP) is 0.167. The molecule has 0 aromatic carbocycles. The van der Waals surface area contributed by atoms with E-state index in [9.17, 15) is 9.59 Å². The molecule has 0 aliphatic carbocycles. The topological polar surface area (TPSA) is 67.9 Å². The van der Waals surface area contributed by atoms with Crippen molar-refractivity contribution in [2.75, 3.05) is 40.0 Å². The van der Waals surface area contributed by atoms with Gasteiger partial charge in [0.1, 0.15) is 0 Å². The Bertz CT molecular complexity index is 290. The molecule has 1 unspecified atom stereocenters. The lowest BCUT2D eigenvalue weighted by molar-refractivity contribution is -0.131. The Morgan fingerprint density at radius 1 is 1.47 bits per heavy atom. The molecule has 0 radical (unpaired) electrons. The van der Waals surface area contributed by atoms with Crippen molar-refractivity contribution in [1.82, 2.24) is 10.2 Å². The van der Waals surface area contributed by atoms with E-state index in [0.717, 1.165) is 19.4 Å². The van der Waals surface area contributed by atoms with Gasteiger partial charge in [0.15, 0.2) is 0 Å². The molecule has 19 heavy (non-hydrogen) atoms. The zero-order valence-electron chi connectivity index (χ0n) is 11.8. The summed E-state index contributed by atoms with van der Waals surface area (Å²) in [7, 11) is 1.59. The van der Waals surface area contributed by atoms with E-state index in [4.69, 9.17) is 9.47 Å². The Morgan fingerprint density at radius 2 is 2.26 bits per heavy atom. The van der Waals surface area contributed by atoms with Crippen molar-refractivity contribution < 1.29 is 19.1 Å². The minimum atomic E-state index is -0.0596. The molecule has 0 bridgehead atoms. The number of amides is 2. The van der Waals surface area contributed by atoms with Gasteiger partial charge < -0.3 is 19.7 Å². The summed E-state index contributed by atoms with van der Waals surface area (Å²) in [6.45, 7) is 4.32. The van der Waals surface area contributed by atoms with E-state index >= 15 is 0 Å². The third-order valence-electron chi connectivity index (χ3n) is 3.13. The van der Waals surface area contributed by atoms with Crippen molar-refractivity contribution in [2.24, 2.45) is 0 Å². The summed E-state index contributed by atoms with van der Waals surface area (Å²) in [5.41, 5.74) is 0. The summed E-state index contributed by atoms with van der Waals surface area (Å²) in [5.74, 6) is -0.0733. The Balaban J connectivity index is 2.24. The van der Waals surface area contributed by atoms with Crippen LogP contribution < -0.4 is 5.32 Å². The van der Waals surface area contributed by atoms with Crippen LogP contribution in [0.15, 0.2) is 0 Å². The highest BCUT2D eigenvalue weighted by molar-refractivity contribution is 5.78. The molecule has 1 N–H and O–H groups in total. The Kier molecular flexibility index (Phi) is 7.43. The number of carbonyl (C=O) groups excluding carboxylic acids is 2. The van der Waals surface area contributed by atoms with Crippen LogP contribution in [0.4, 0.5) is 0 Å². The first kappa shape index (κ1) is 15.9. The third kappa shape index (κ3) is 6.54. The van der Waals surface area contributed by atoms with Crippen LogP contribution in [0.25, 0.3) is 0 Å². The van der Waals surface area contributed by atoms with Crippen LogP contribution in [-0.2, 0) is 19.1 Å². The fourth-order valence-corrected chi connectivity index (χ4v) is 2.03. The molecule has 1 fully saturated rings. The number of hydrogen-bond donors (Lipinski definition) is 1. The second-order valence-corrected chi connectivity index (χ2v) is 4.69. The lowest BCUT2D eigenvalue weighted by Gasteiger charge is -2.23. The van der Waals surface area contributed by atoms with Gasteiger partial charge in [-0.1, -0.05) is 0 Å². The van der Waals surface area contributed by atoms with Gasteiger partial charge in [0.2, 0.25) is 11.8 Å². The summed E-state index contributed by atoms with van der Waals surface area (Å²) in [6, 6.07) is 0. The van der Waals surface area contributed by atoms with Crippen LogP contribution in [0, 0.1) is 0 Å². The summed E-state index contributed by atoms with van der Waals surface area (Å²) in [6.07, 6.45) is 2.48. The van der Waals surface area contributed by atoms with Crippen LogP contribution in [-0.4, -0.2) is 62.8 Å². The van der Waals surface area contributed by atoms with Crippen LogP contribution in [0.3, 0.4) is 0 Å². The van der Waals surface area contributed by atoms with Gasteiger partial charge >= 0.3 is 0 Å². The fraction of sp³-hybridized carbons (Fsp3) is 0.846. The first-order chi connectivity index (χ1) is 9.13. The normalized spacial score (nSPS) is 18.3. The number of methoxy groups -OCH3 is 1. The highest BCUT2D eigenvalue weighted by atomic mass is 16.5. The SMILES string of the molecule is COCCNC(=O)CCN(CC1CCCO1)C(C)=O. The Morgan fingerprint density at radius 3 is 2.84 bits per heavy atom. The average molecular weight is 272 g/mol. The number of carbonyl (C=O) groups is 2. The number of ether oxygens (including phenoxy) is 2. The fourth-order valence-electron chi connectivity index (χ4n) is 2.03. The van der Waals surface area contributed by atoms with Gasteiger partial charge in [0.05, 0.1) is 12.7 Å². The molecule has 1 saturated heterocycles. The molecule has 1 heterocycles. The van der Waals surface area contributed by atoms with E-state index in [1.165, 1.54) is 6.92 Å². The second-order valence-electron chi connectivity index (χ2n) is 4.69. The molecule has 0 spiro atoms. The lowest BCUT2D eigenvalue weighted by Crippen LogP contribution is -2.39. The van der Waals surface area contributed by atoms with Gasteiger partial charge in [-0.2, -0.15) is 0 Å². The van der Waals surface area contributed by atoms with Gasteiger partial charge in [-0.25, -0.2) is 0 Å². The minimum Gasteiger partial charge on any atom is -0.383 e. The first-order valence-corrected chi connectivity index (χ1v) is 6.76. The maximum atomic E-state index is 11.5. The molecule has 110 valence electrons. The van der Waals surface area contributed by atoms with Crippen molar-refractivity contribution in [1.29, 1.82) is 0 Å². The smallest absolute Gasteiger partial charge is 0.221 e. The summed E-state index contributed by atoms with van der Waals surface area (Å²) < 4.78 is 10.4. The van der Waals surface area contributed by atoms with Gasteiger partial charge in [0.25, 0.3) is 0 Å². The van der Waals surface area contributed by atoms with E-state index < -0.39 is 0 Å². The lowest BCUT2D eigenvalue weighted by atomic mass is 10.2. The Hall–Kier alpha value is -1.14. The highest BCUT2D eigenvalue weighted by Crippen LogP contribution is 2.13. The van der Waals surface area contributed by atoms with Gasteiger partial charge in [0, 0.05) is 46.7 Å². The van der Waals surface area contributed by atoms with E-state index in [1.54, 1.807) is 12.0 Å². The molecule has 2 amide bonds. The first-order valence-electron chi connectivity index (χ1n) is 6.76. The summed E-state index contributed by atoms with van der Waals surface area (Å²) >= 11 is 0. The summed E-state index contributed by atoms with van der Waals surface area (Å²) in [5, 5.41) is 2.74. The predicted molar refractivity (Wildman–Crippen MR) is 70.7 cm³/mol. The minimum absolute atomic E-state index is 0.0137. The molecular weight excluding hydrogens is 248 g/mol. The molecule has 6 heteroatoms. The Labute approximate surface area is 114 Å². The van der Waals surface area contributed by atoms with Gasteiger partial charge in [-0.3, -0.25) is 9.59 Å². The van der Waals surface area contributed by atoms with Crippen molar-refractivity contribution in [2.45, 2.75) is 32.3 Å². The number of nitrogens with zero attached hydrogens (tertiary/aromatic N) is 1. The van der Waals surface area contributed by atoms with Crippen LogP contribution >= 0.6 is 0 Å². The van der Waals surface area contributed by atoms with Gasteiger partial charge in [-0.15, -0.1) is 0 Å². The zero-order chi connectivity index (χ0) is 14.1. The van der Waals surface area contributed by atoms with Crippen molar-refractivity contribution in [3.05, 3.63) is 0 Å². The summed E-state index contributed by atoms with van der Waals surface area (Å²) in [4.78, 5) is 24.8. The van der Waals surface area contributed by atoms with Crippen molar-refractivity contribution >= 4 is 11.8 Å². The largest absolute Gasteiger partial charge is 0.383 e. The van der Waals surface area contributed by atoms with Crippen LogP contribution in [0.5, 0.6) is 0 Å². The number of nitrogens with one attached hydrogen (secondary N) is 1. The van der Waals surface area contributed by atoms with E-state index in [1.807, 2.05) is 0 Å². The highest BCUT2D eigenvalue weighted by Gasteiger charge is 2.21. The van der Waals surface area contributed by atoms with E-state index in [0.29, 0.717) is 32.7 Å². The monoisotopic (exact) mass is 272 g/mol.